The van der Waals surface area contributed by atoms with Crippen molar-refractivity contribution in [2.24, 2.45) is 5.92 Å². The molecule has 1 unspecified atom stereocenters. The van der Waals surface area contributed by atoms with Crippen LogP contribution in [0, 0.1) is 5.92 Å². The Hall–Kier alpha value is -1.30. The smallest absolute Gasteiger partial charge is 0.326 e. The van der Waals surface area contributed by atoms with Crippen LogP contribution in [-0.2, 0) is 9.53 Å². The Morgan fingerprint density at radius 2 is 2.17 bits per heavy atom. The first-order chi connectivity index (χ1) is 8.38. The number of aliphatic carboxylic acids is 1. The zero-order valence-corrected chi connectivity index (χ0v) is 11.2. The van der Waals surface area contributed by atoms with Crippen molar-refractivity contribution < 1.29 is 19.4 Å². The Labute approximate surface area is 107 Å². The van der Waals surface area contributed by atoms with Crippen molar-refractivity contribution in [3.05, 3.63) is 0 Å². The fourth-order valence-electron chi connectivity index (χ4n) is 1.90. The van der Waals surface area contributed by atoms with Gasteiger partial charge in [-0.1, -0.05) is 20.3 Å². The maximum Gasteiger partial charge on any atom is 0.326 e. The van der Waals surface area contributed by atoms with Gasteiger partial charge in [0.25, 0.3) is 0 Å². The Morgan fingerprint density at radius 1 is 1.50 bits per heavy atom. The first-order valence-electron chi connectivity index (χ1n) is 6.27. The van der Waals surface area contributed by atoms with Crippen molar-refractivity contribution in [1.29, 1.82) is 0 Å². The van der Waals surface area contributed by atoms with E-state index < -0.39 is 23.6 Å². The molecule has 1 saturated heterocycles. The maximum atomic E-state index is 11.8. The third-order valence-corrected chi connectivity index (χ3v) is 3.40. The molecule has 0 spiro atoms. The minimum Gasteiger partial charge on any atom is -0.480 e. The van der Waals surface area contributed by atoms with Crippen molar-refractivity contribution >= 4 is 12.0 Å². The molecule has 0 aromatic carbocycles. The van der Waals surface area contributed by atoms with Gasteiger partial charge in [0.05, 0.1) is 12.1 Å². The molecular weight excluding hydrogens is 236 g/mol. The van der Waals surface area contributed by atoms with Crippen LogP contribution >= 0.6 is 0 Å². The molecule has 18 heavy (non-hydrogen) atoms. The highest BCUT2D eigenvalue weighted by molar-refractivity contribution is 5.83. The van der Waals surface area contributed by atoms with Gasteiger partial charge in [0.2, 0.25) is 0 Å². The number of nitrogens with one attached hydrogen (secondary N) is 2. The molecule has 0 saturated carbocycles. The summed E-state index contributed by atoms with van der Waals surface area (Å²) in [6, 6.07) is -1.31. The summed E-state index contributed by atoms with van der Waals surface area (Å²) in [6.45, 7) is 6.66. The molecule has 1 rings (SSSR count). The second kappa shape index (κ2) is 6.04. The number of amides is 2. The average Bonchev–Trinajstić information content (AvgIpc) is 2.71. The SMILES string of the molecule is CC[C@H](C)[C@H](NC(=O)NC1(C)CCOC1)C(=O)O. The number of carboxylic acid groups (broad SMARTS) is 1. The number of ether oxygens (including phenoxy) is 1. The minimum atomic E-state index is -1.01. The summed E-state index contributed by atoms with van der Waals surface area (Å²) >= 11 is 0. The zero-order chi connectivity index (χ0) is 13.8. The summed E-state index contributed by atoms with van der Waals surface area (Å²) in [5.74, 6) is -1.12. The maximum absolute atomic E-state index is 11.8. The lowest BCUT2D eigenvalue weighted by molar-refractivity contribution is -0.140. The minimum absolute atomic E-state index is 0.110. The molecule has 0 radical (unpaired) electrons. The summed E-state index contributed by atoms with van der Waals surface area (Å²) in [6.07, 6.45) is 1.43. The van der Waals surface area contributed by atoms with Crippen molar-refractivity contribution in [3.8, 4) is 0 Å². The fourth-order valence-corrected chi connectivity index (χ4v) is 1.90. The van der Waals surface area contributed by atoms with E-state index in [1.54, 1.807) is 6.92 Å². The quantitative estimate of drug-likeness (QED) is 0.685. The van der Waals surface area contributed by atoms with Gasteiger partial charge in [-0.2, -0.15) is 0 Å². The van der Waals surface area contributed by atoms with Crippen LogP contribution in [0.5, 0.6) is 0 Å². The number of hydrogen-bond acceptors (Lipinski definition) is 3. The second-order valence-corrected chi connectivity index (χ2v) is 5.16. The Kier molecular flexibility index (Phi) is 4.95. The van der Waals surface area contributed by atoms with Crippen LogP contribution in [0.2, 0.25) is 0 Å². The third kappa shape index (κ3) is 3.87. The van der Waals surface area contributed by atoms with Gasteiger partial charge in [-0.15, -0.1) is 0 Å². The van der Waals surface area contributed by atoms with Crippen molar-refractivity contribution in [3.63, 3.8) is 0 Å². The van der Waals surface area contributed by atoms with E-state index in [9.17, 15) is 9.59 Å². The highest BCUT2D eigenvalue weighted by Gasteiger charge is 2.33. The fraction of sp³-hybridized carbons (Fsp3) is 0.833. The molecule has 1 fully saturated rings. The van der Waals surface area contributed by atoms with Crippen LogP contribution < -0.4 is 10.6 Å². The van der Waals surface area contributed by atoms with E-state index in [0.29, 0.717) is 19.6 Å². The Morgan fingerprint density at radius 3 is 2.61 bits per heavy atom. The topological polar surface area (TPSA) is 87.7 Å². The average molecular weight is 258 g/mol. The van der Waals surface area contributed by atoms with Crippen LogP contribution in [-0.4, -0.2) is 41.9 Å². The van der Waals surface area contributed by atoms with Gasteiger partial charge in [0.15, 0.2) is 0 Å². The summed E-state index contributed by atoms with van der Waals surface area (Å²) in [5.41, 5.74) is -0.400. The molecule has 1 heterocycles. The van der Waals surface area contributed by atoms with Crippen molar-refractivity contribution in [1.82, 2.24) is 10.6 Å². The predicted molar refractivity (Wildman–Crippen MR) is 66.4 cm³/mol. The second-order valence-electron chi connectivity index (χ2n) is 5.16. The van der Waals surface area contributed by atoms with E-state index in [-0.39, 0.29) is 5.92 Å². The molecule has 6 nitrogen and oxygen atoms in total. The molecule has 104 valence electrons. The van der Waals surface area contributed by atoms with Gasteiger partial charge in [0, 0.05) is 6.61 Å². The van der Waals surface area contributed by atoms with Gasteiger partial charge < -0.3 is 20.5 Å². The molecule has 6 heteroatoms. The number of carbonyl (C=O) groups excluding carboxylic acids is 1. The molecule has 1 aliphatic heterocycles. The predicted octanol–water partition coefficient (Wildman–Crippen LogP) is 0.964. The summed E-state index contributed by atoms with van der Waals surface area (Å²) in [7, 11) is 0. The van der Waals surface area contributed by atoms with E-state index in [2.05, 4.69) is 10.6 Å². The number of carbonyl (C=O) groups is 2. The van der Waals surface area contributed by atoms with E-state index >= 15 is 0 Å². The normalized spacial score (nSPS) is 26.4. The van der Waals surface area contributed by atoms with Crippen molar-refractivity contribution in [2.45, 2.75) is 45.2 Å². The van der Waals surface area contributed by atoms with Crippen molar-refractivity contribution in [2.75, 3.05) is 13.2 Å². The van der Waals surface area contributed by atoms with Crippen LogP contribution in [0.15, 0.2) is 0 Å². The van der Waals surface area contributed by atoms with Gasteiger partial charge in [-0.3, -0.25) is 0 Å². The molecule has 0 aliphatic carbocycles. The van der Waals surface area contributed by atoms with E-state index in [1.165, 1.54) is 0 Å². The lowest BCUT2D eigenvalue weighted by Gasteiger charge is -2.26. The highest BCUT2D eigenvalue weighted by atomic mass is 16.5. The molecule has 3 atom stereocenters. The van der Waals surface area contributed by atoms with Gasteiger partial charge in [-0.25, -0.2) is 9.59 Å². The van der Waals surface area contributed by atoms with Crippen LogP contribution in [0.1, 0.15) is 33.6 Å². The monoisotopic (exact) mass is 258 g/mol. The highest BCUT2D eigenvalue weighted by Crippen LogP contribution is 2.17. The summed E-state index contributed by atoms with van der Waals surface area (Å²) in [4.78, 5) is 22.9. The third-order valence-electron chi connectivity index (χ3n) is 3.40. The molecule has 1 aliphatic rings. The number of hydrogen-bond donors (Lipinski definition) is 3. The lowest BCUT2D eigenvalue weighted by Crippen LogP contribution is -2.55. The first kappa shape index (κ1) is 14.8. The standard InChI is InChI=1S/C12H22N2O4/c1-4-8(2)9(10(15)16)13-11(17)14-12(3)5-6-18-7-12/h8-9H,4-7H2,1-3H3,(H,15,16)(H2,13,14,17)/t8-,9-,12?/m0/s1. The Bertz CT molecular complexity index is 313. The Balaban J connectivity index is 2.53. The number of carboxylic acids is 1. The molecular formula is C12H22N2O4. The van der Waals surface area contributed by atoms with E-state index in [0.717, 1.165) is 6.42 Å². The summed E-state index contributed by atoms with van der Waals surface area (Å²) < 4.78 is 5.22. The lowest BCUT2D eigenvalue weighted by atomic mass is 9.99. The van der Waals surface area contributed by atoms with Gasteiger partial charge in [0.1, 0.15) is 6.04 Å². The first-order valence-corrected chi connectivity index (χ1v) is 6.27. The van der Waals surface area contributed by atoms with E-state index in [4.69, 9.17) is 9.84 Å². The van der Waals surface area contributed by atoms with Crippen LogP contribution in [0.25, 0.3) is 0 Å². The van der Waals surface area contributed by atoms with Crippen LogP contribution in [0.3, 0.4) is 0 Å². The number of urea groups is 1. The van der Waals surface area contributed by atoms with Crippen LogP contribution in [0.4, 0.5) is 4.79 Å². The molecule has 3 N–H and O–H groups in total. The molecule has 2 amide bonds. The largest absolute Gasteiger partial charge is 0.480 e. The molecule has 0 aromatic heterocycles. The molecule has 0 bridgehead atoms. The van der Waals surface area contributed by atoms with Gasteiger partial charge >= 0.3 is 12.0 Å². The van der Waals surface area contributed by atoms with Gasteiger partial charge in [-0.05, 0) is 19.3 Å². The zero-order valence-electron chi connectivity index (χ0n) is 11.2. The number of rotatable bonds is 5. The summed E-state index contributed by atoms with van der Waals surface area (Å²) in [5, 5.41) is 14.4. The van der Waals surface area contributed by atoms with E-state index in [1.807, 2.05) is 13.8 Å². The molecule has 0 aromatic rings.